The quantitative estimate of drug-likeness (QED) is 0.184. The molecule has 3 aliphatic rings. The summed E-state index contributed by atoms with van der Waals surface area (Å²) >= 11 is 6.31. The first-order valence-corrected chi connectivity index (χ1v) is 11.8. The smallest absolute Gasteiger partial charge is 0.255 e. The molecule has 0 spiro atoms. The molecular weight excluding hydrogens is 579 g/mol. The van der Waals surface area contributed by atoms with E-state index >= 15 is 0 Å². The molecule has 1 fully saturated rings. The van der Waals surface area contributed by atoms with Crippen molar-refractivity contribution >= 4 is 71.2 Å². The molecule has 0 aromatic heterocycles. The summed E-state index contributed by atoms with van der Waals surface area (Å²) in [6, 6.07) is 0.279. The number of likely N-dealkylation sites (N-methyl/N-ethyl adjacent to an activating group) is 2. The number of fused-ring (bicyclic) bond motifs is 3. The van der Waals surface area contributed by atoms with Crippen molar-refractivity contribution in [3.63, 3.8) is 0 Å². The van der Waals surface area contributed by atoms with E-state index in [1.807, 2.05) is 0 Å². The number of aliphatic hydroxyl groups excluding tert-OH is 2. The summed E-state index contributed by atoms with van der Waals surface area (Å²) in [7, 11) is 4.59. The van der Waals surface area contributed by atoms with Gasteiger partial charge in [0.15, 0.2) is 17.1 Å². The van der Waals surface area contributed by atoms with Crippen molar-refractivity contribution in [1.29, 1.82) is 0 Å². The minimum absolute atomic E-state index is 0. The second-order valence-corrected chi connectivity index (χ2v) is 10.1. The van der Waals surface area contributed by atoms with Crippen molar-refractivity contribution in [1.82, 2.24) is 10.2 Å². The zero-order valence-corrected chi connectivity index (χ0v) is 23.5. The Morgan fingerprint density at radius 3 is 2.36 bits per heavy atom. The van der Waals surface area contributed by atoms with Crippen LogP contribution in [0.3, 0.4) is 0 Å². The fraction of sp³-hybridized carbons (Fsp3) is 0.417. The van der Waals surface area contributed by atoms with Gasteiger partial charge >= 0.3 is 0 Å². The molecule has 214 valence electrons. The van der Waals surface area contributed by atoms with Gasteiger partial charge < -0.3 is 36.8 Å². The first-order chi connectivity index (χ1) is 17.3. The molecule has 0 radical (unpaired) electrons. The number of nitrogens with two attached hydrogens (primary N) is 1. The van der Waals surface area contributed by atoms with Crippen molar-refractivity contribution in [3.05, 3.63) is 39.1 Å². The van der Waals surface area contributed by atoms with Gasteiger partial charge in [0.2, 0.25) is 11.7 Å². The van der Waals surface area contributed by atoms with Gasteiger partial charge in [-0.25, -0.2) is 0 Å². The molecule has 15 heteroatoms. The molecule has 0 bridgehead atoms. The van der Waals surface area contributed by atoms with Crippen LogP contribution in [-0.2, 0) is 25.6 Å². The number of benzene rings is 1. The maximum absolute atomic E-state index is 13.8. The van der Waals surface area contributed by atoms with Gasteiger partial charge in [-0.3, -0.25) is 24.1 Å². The fourth-order valence-electron chi connectivity index (χ4n) is 5.73. The zero-order valence-electron chi connectivity index (χ0n) is 21.1. The molecule has 4 rings (SSSR count). The number of aromatic hydroxyl groups is 1. The van der Waals surface area contributed by atoms with E-state index in [1.54, 1.807) is 7.05 Å². The highest BCUT2D eigenvalue weighted by Crippen LogP contribution is 2.54. The number of Topliss-reactive ketones (excluding diaryl/α,β-unsaturated/α-hetero) is 2. The SMILES string of the molecule is CNCC(=O)Nc1c(Cl)cc2c(c1O)C(O)=C1C(=O)[C@]3(O)C(O)=C(C(N)=O)C(=O)[C@@H](N(C)C)C3CC1C2.Cl.Cl. The Bertz CT molecular complexity index is 1330. The molecule has 2 amide bonds. The Kier molecular flexibility index (Phi) is 9.39. The minimum Gasteiger partial charge on any atom is -0.508 e. The highest BCUT2D eigenvalue weighted by Gasteiger charge is 2.64. The number of halogens is 3. The lowest BCUT2D eigenvalue weighted by Gasteiger charge is -2.50. The lowest BCUT2D eigenvalue weighted by Crippen LogP contribution is -2.65. The number of amides is 2. The maximum Gasteiger partial charge on any atom is 0.255 e. The van der Waals surface area contributed by atoms with Crippen LogP contribution in [0.4, 0.5) is 5.69 Å². The van der Waals surface area contributed by atoms with Crippen molar-refractivity contribution in [3.8, 4) is 5.75 Å². The number of phenols is 1. The molecule has 1 aromatic carbocycles. The standard InChI is InChI=1S/C24H27ClN4O8.2ClH/c1-27-7-12(30)28-16-11(25)6-9-4-8-5-10-17(29(2)3)20(33)15(23(26)36)22(35)24(10,37)21(34)14(8)18(31)13(9)19(16)32;;/h6,8,10,17,27,31-32,35,37H,4-5,7H2,1-3H3,(H2,26,36)(H,28,30);2*1H/t8?,10?,17-,24-;;/m0../s1. The van der Waals surface area contributed by atoms with Crippen molar-refractivity contribution in [2.24, 2.45) is 17.6 Å². The predicted octanol–water partition coefficient (Wildman–Crippen LogP) is 0.619. The molecular formula is C24H29Cl3N4O8. The molecule has 4 atom stereocenters. The molecule has 1 saturated carbocycles. The van der Waals surface area contributed by atoms with E-state index in [0.717, 1.165) is 0 Å². The van der Waals surface area contributed by atoms with Crippen LogP contribution in [-0.4, -0.2) is 88.0 Å². The number of nitrogens with zero attached hydrogens (tertiary/aromatic N) is 1. The van der Waals surface area contributed by atoms with E-state index in [1.165, 1.54) is 25.1 Å². The van der Waals surface area contributed by atoms with Gasteiger partial charge in [0.05, 0.1) is 23.2 Å². The molecule has 8 N–H and O–H groups in total. The Balaban J connectivity index is 0.00000267. The third-order valence-corrected chi connectivity index (χ3v) is 7.56. The number of ketones is 2. The normalized spacial score (nSPS) is 25.7. The van der Waals surface area contributed by atoms with Gasteiger partial charge in [-0.2, -0.15) is 0 Å². The number of hydrogen-bond donors (Lipinski definition) is 7. The summed E-state index contributed by atoms with van der Waals surface area (Å²) in [5.41, 5.74) is 1.43. The van der Waals surface area contributed by atoms with Gasteiger partial charge in [0.1, 0.15) is 22.8 Å². The van der Waals surface area contributed by atoms with Crippen LogP contribution in [0.2, 0.25) is 5.02 Å². The van der Waals surface area contributed by atoms with E-state index in [2.05, 4.69) is 10.6 Å². The van der Waals surface area contributed by atoms with E-state index in [0.29, 0.717) is 5.56 Å². The molecule has 39 heavy (non-hydrogen) atoms. The average Bonchev–Trinajstić information content (AvgIpc) is 2.78. The van der Waals surface area contributed by atoms with Crippen LogP contribution in [0.5, 0.6) is 5.75 Å². The number of hydrogen-bond acceptors (Lipinski definition) is 10. The van der Waals surface area contributed by atoms with Crippen LogP contribution in [0.1, 0.15) is 17.5 Å². The molecule has 0 aliphatic heterocycles. The van der Waals surface area contributed by atoms with Crippen LogP contribution in [0, 0.1) is 11.8 Å². The minimum atomic E-state index is -2.73. The molecule has 1 aromatic rings. The largest absolute Gasteiger partial charge is 0.508 e. The Labute approximate surface area is 240 Å². The second-order valence-electron chi connectivity index (χ2n) is 9.66. The van der Waals surface area contributed by atoms with Crippen LogP contribution in [0.15, 0.2) is 23.0 Å². The van der Waals surface area contributed by atoms with E-state index < -0.39 is 69.7 Å². The van der Waals surface area contributed by atoms with E-state index in [-0.39, 0.29) is 66.0 Å². The highest BCUT2D eigenvalue weighted by atomic mass is 35.5. The van der Waals surface area contributed by atoms with E-state index in [4.69, 9.17) is 17.3 Å². The first kappa shape index (κ1) is 32.3. The van der Waals surface area contributed by atoms with Crippen molar-refractivity contribution < 1.29 is 39.6 Å². The van der Waals surface area contributed by atoms with Crippen LogP contribution < -0.4 is 16.4 Å². The number of carbonyl (C=O) groups excluding carboxylic acids is 4. The summed E-state index contributed by atoms with van der Waals surface area (Å²) in [6.07, 6.45) is 0.0529. The summed E-state index contributed by atoms with van der Waals surface area (Å²) < 4.78 is 0. The third-order valence-electron chi connectivity index (χ3n) is 7.27. The highest BCUT2D eigenvalue weighted by molar-refractivity contribution is 6.34. The number of anilines is 1. The molecule has 0 saturated heterocycles. The lowest BCUT2D eigenvalue weighted by atomic mass is 9.57. The maximum atomic E-state index is 13.8. The fourth-order valence-corrected chi connectivity index (χ4v) is 6.00. The molecule has 3 aliphatic carbocycles. The Morgan fingerprint density at radius 1 is 1.21 bits per heavy atom. The topological polar surface area (TPSA) is 203 Å². The van der Waals surface area contributed by atoms with Gasteiger partial charge in [-0.05, 0) is 51.5 Å². The van der Waals surface area contributed by atoms with Crippen LogP contribution >= 0.6 is 36.4 Å². The van der Waals surface area contributed by atoms with Gasteiger partial charge in [-0.15, -0.1) is 24.8 Å². The molecule has 2 unspecified atom stereocenters. The summed E-state index contributed by atoms with van der Waals surface area (Å²) in [5.74, 6) is -8.09. The number of aliphatic hydroxyl groups is 3. The Morgan fingerprint density at radius 2 is 1.82 bits per heavy atom. The summed E-state index contributed by atoms with van der Waals surface area (Å²) in [5, 5.41) is 49.7. The lowest BCUT2D eigenvalue weighted by molar-refractivity contribution is -0.153. The molecule has 12 nitrogen and oxygen atoms in total. The van der Waals surface area contributed by atoms with Gasteiger partial charge in [-0.1, -0.05) is 11.6 Å². The van der Waals surface area contributed by atoms with Gasteiger partial charge in [0.25, 0.3) is 5.91 Å². The summed E-state index contributed by atoms with van der Waals surface area (Å²) in [4.78, 5) is 52.4. The average molecular weight is 608 g/mol. The summed E-state index contributed by atoms with van der Waals surface area (Å²) in [6.45, 7) is -0.0888. The van der Waals surface area contributed by atoms with E-state index in [9.17, 15) is 39.6 Å². The van der Waals surface area contributed by atoms with Crippen molar-refractivity contribution in [2.75, 3.05) is 33.0 Å². The van der Waals surface area contributed by atoms with Crippen molar-refractivity contribution in [2.45, 2.75) is 24.5 Å². The van der Waals surface area contributed by atoms with Crippen LogP contribution in [0.25, 0.3) is 5.76 Å². The first-order valence-electron chi connectivity index (χ1n) is 11.4. The number of primary amides is 1. The number of carbonyl (C=O) groups is 4. The zero-order chi connectivity index (χ0) is 27.6. The Hall–Kier alpha value is -2.87. The number of nitrogens with one attached hydrogen (secondary N) is 2. The van der Waals surface area contributed by atoms with Gasteiger partial charge in [0, 0.05) is 11.5 Å². The molecule has 0 heterocycles. The second kappa shape index (κ2) is 11.3. The number of phenolic OH excluding ortho intramolecular Hbond substituents is 1. The third kappa shape index (κ3) is 4.75. The monoisotopic (exact) mass is 606 g/mol. The predicted molar refractivity (Wildman–Crippen MR) is 146 cm³/mol. The number of rotatable bonds is 5.